The number of hydrogen-bond donors (Lipinski definition) is 3. The average Bonchev–Trinajstić information content (AvgIpc) is 2.79. The van der Waals surface area contributed by atoms with E-state index < -0.39 is 17.1 Å². The van der Waals surface area contributed by atoms with Crippen molar-refractivity contribution in [2.24, 2.45) is 0 Å². The molecule has 0 atom stereocenters. The molecule has 8 heteroatoms. The summed E-state index contributed by atoms with van der Waals surface area (Å²) in [5.74, 6) is -1.07. The van der Waals surface area contributed by atoms with Crippen LogP contribution in [0.1, 0.15) is 5.56 Å². The molecule has 0 aliphatic carbocycles. The number of hydrogen-bond acceptors (Lipinski definition) is 8. The van der Waals surface area contributed by atoms with Crippen LogP contribution in [-0.2, 0) is 4.79 Å². The molecule has 4 rings (SSSR count). The minimum atomic E-state index is -0.590. The summed E-state index contributed by atoms with van der Waals surface area (Å²) < 4.78 is 15.9. The first-order valence-electron chi connectivity index (χ1n) is 9.72. The summed E-state index contributed by atoms with van der Waals surface area (Å²) in [5, 5.41) is 29.4. The van der Waals surface area contributed by atoms with Gasteiger partial charge in [0.1, 0.15) is 28.2 Å². The van der Waals surface area contributed by atoms with E-state index in [0.717, 1.165) is 5.56 Å². The summed E-state index contributed by atoms with van der Waals surface area (Å²) in [7, 11) is 1.26. The Kier molecular flexibility index (Phi) is 5.73. The van der Waals surface area contributed by atoms with Crippen molar-refractivity contribution < 1.29 is 34.0 Å². The lowest BCUT2D eigenvalue weighted by Gasteiger charge is -2.09. The molecule has 3 N–H and O–H groups in total. The van der Waals surface area contributed by atoms with Crippen molar-refractivity contribution in [2.45, 2.75) is 0 Å². The standard InChI is InChI=1S/C25H18O8/c1-31-25-19(28)13-21-23(24(25)30)18(27)12-20(33-21)15-5-9-17(10-6-15)32-22(29)11-4-14-2-7-16(26)8-3-14/h2-13,26,28,30H,1H3. The van der Waals surface area contributed by atoms with Crippen LogP contribution in [0.4, 0.5) is 0 Å². The molecule has 0 amide bonds. The second-order valence-electron chi connectivity index (χ2n) is 7.00. The number of methoxy groups -OCH3 is 1. The number of phenolic OH excluding ortho intramolecular Hbond substituents is 3. The third-order valence-electron chi connectivity index (χ3n) is 4.79. The Labute approximate surface area is 187 Å². The maximum absolute atomic E-state index is 12.5. The Balaban J connectivity index is 1.55. The van der Waals surface area contributed by atoms with E-state index in [1.165, 1.54) is 49.6 Å². The van der Waals surface area contributed by atoms with Crippen molar-refractivity contribution in [2.75, 3.05) is 7.11 Å². The van der Waals surface area contributed by atoms with Crippen LogP contribution in [-0.4, -0.2) is 28.4 Å². The third kappa shape index (κ3) is 4.49. The fourth-order valence-electron chi connectivity index (χ4n) is 3.20. The topological polar surface area (TPSA) is 126 Å². The molecule has 0 saturated carbocycles. The number of phenols is 3. The molecule has 0 unspecified atom stereocenters. The maximum atomic E-state index is 12.5. The van der Waals surface area contributed by atoms with Gasteiger partial charge in [0.05, 0.1) is 7.11 Å². The fraction of sp³-hybridized carbons (Fsp3) is 0.0400. The smallest absolute Gasteiger partial charge is 0.336 e. The molecule has 8 nitrogen and oxygen atoms in total. The van der Waals surface area contributed by atoms with Crippen LogP contribution in [0.5, 0.6) is 28.7 Å². The van der Waals surface area contributed by atoms with Crippen molar-refractivity contribution in [1.29, 1.82) is 0 Å². The summed E-state index contributed by atoms with van der Waals surface area (Å²) in [6.45, 7) is 0. The zero-order chi connectivity index (χ0) is 23.5. The van der Waals surface area contributed by atoms with Gasteiger partial charge in [-0.3, -0.25) is 4.79 Å². The Morgan fingerprint density at radius 2 is 1.67 bits per heavy atom. The van der Waals surface area contributed by atoms with Crippen molar-refractivity contribution >= 4 is 23.0 Å². The van der Waals surface area contributed by atoms with E-state index in [0.29, 0.717) is 5.56 Å². The van der Waals surface area contributed by atoms with Gasteiger partial charge in [0.2, 0.25) is 5.75 Å². The number of carbonyl (C=O) groups is 1. The number of carbonyl (C=O) groups excluding carboxylic acids is 1. The zero-order valence-corrected chi connectivity index (χ0v) is 17.3. The zero-order valence-electron chi connectivity index (χ0n) is 17.3. The van der Waals surface area contributed by atoms with Crippen LogP contribution in [0.3, 0.4) is 0 Å². The number of benzene rings is 3. The Morgan fingerprint density at radius 1 is 0.970 bits per heavy atom. The second-order valence-corrected chi connectivity index (χ2v) is 7.00. The van der Waals surface area contributed by atoms with Gasteiger partial charge in [0.15, 0.2) is 16.9 Å². The van der Waals surface area contributed by atoms with E-state index >= 15 is 0 Å². The summed E-state index contributed by atoms with van der Waals surface area (Å²) in [5.41, 5.74) is 0.712. The molecule has 1 heterocycles. The van der Waals surface area contributed by atoms with Gasteiger partial charge in [-0.2, -0.15) is 0 Å². The molecular formula is C25H18O8. The molecule has 0 saturated heterocycles. The molecule has 0 bridgehead atoms. The van der Waals surface area contributed by atoms with Gasteiger partial charge in [0, 0.05) is 23.8 Å². The monoisotopic (exact) mass is 446 g/mol. The van der Waals surface area contributed by atoms with E-state index in [1.807, 2.05) is 0 Å². The summed E-state index contributed by atoms with van der Waals surface area (Å²) >= 11 is 0. The number of rotatable bonds is 5. The highest BCUT2D eigenvalue weighted by molar-refractivity contribution is 5.90. The summed E-state index contributed by atoms with van der Waals surface area (Å²) in [4.78, 5) is 24.6. The fourth-order valence-corrected chi connectivity index (χ4v) is 3.20. The summed E-state index contributed by atoms with van der Waals surface area (Å²) in [6.07, 6.45) is 2.82. The van der Waals surface area contributed by atoms with Gasteiger partial charge in [0.25, 0.3) is 0 Å². The molecule has 0 aliphatic rings. The minimum Gasteiger partial charge on any atom is -0.508 e. The minimum absolute atomic E-state index is 0.0110. The molecule has 1 aromatic heterocycles. The molecule has 0 spiro atoms. The first-order valence-corrected chi connectivity index (χ1v) is 9.72. The number of fused-ring (bicyclic) bond motifs is 1. The molecule has 166 valence electrons. The van der Waals surface area contributed by atoms with Crippen LogP contribution in [0.25, 0.3) is 28.4 Å². The van der Waals surface area contributed by atoms with E-state index in [2.05, 4.69) is 0 Å². The largest absolute Gasteiger partial charge is 0.508 e. The first kappa shape index (κ1) is 21.5. The van der Waals surface area contributed by atoms with Crippen LogP contribution >= 0.6 is 0 Å². The van der Waals surface area contributed by atoms with E-state index in [9.17, 15) is 24.9 Å². The van der Waals surface area contributed by atoms with Crippen LogP contribution in [0.15, 0.2) is 76.0 Å². The SMILES string of the molecule is COc1c(O)cc2oc(-c3ccc(OC(=O)C=Cc4ccc(O)cc4)cc3)cc(=O)c2c1O. The Bertz CT molecular complexity index is 1410. The van der Waals surface area contributed by atoms with Gasteiger partial charge < -0.3 is 29.2 Å². The lowest BCUT2D eigenvalue weighted by atomic mass is 10.1. The van der Waals surface area contributed by atoms with Gasteiger partial charge in [-0.05, 0) is 48.0 Å². The van der Waals surface area contributed by atoms with Crippen LogP contribution in [0, 0.1) is 0 Å². The number of esters is 1. The predicted octanol–water partition coefficient (Wildman–Crippen LogP) is 4.20. The number of ether oxygens (including phenoxy) is 2. The van der Waals surface area contributed by atoms with Gasteiger partial charge in [-0.1, -0.05) is 12.1 Å². The molecule has 0 fully saturated rings. The molecular weight excluding hydrogens is 428 g/mol. The third-order valence-corrected chi connectivity index (χ3v) is 4.79. The van der Waals surface area contributed by atoms with Crippen LogP contribution in [0.2, 0.25) is 0 Å². The van der Waals surface area contributed by atoms with Crippen molar-refractivity contribution in [3.63, 3.8) is 0 Å². The van der Waals surface area contributed by atoms with Crippen molar-refractivity contribution in [3.05, 3.63) is 82.5 Å². The van der Waals surface area contributed by atoms with E-state index in [1.54, 1.807) is 30.3 Å². The van der Waals surface area contributed by atoms with Gasteiger partial charge in [-0.15, -0.1) is 0 Å². The van der Waals surface area contributed by atoms with E-state index in [-0.39, 0.29) is 39.7 Å². The highest BCUT2D eigenvalue weighted by Crippen LogP contribution is 2.41. The highest BCUT2D eigenvalue weighted by atomic mass is 16.5. The lowest BCUT2D eigenvalue weighted by molar-refractivity contribution is -0.128. The predicted molar refractivity (Wildman–Crippen MR) is 121 cm³/mol. The van der Waals surface area contributed by atoms with Gasteiger partial charge in [-0.25, -0.2) is 4.79 Å². The average molecular weight is 446 g/mol. The Morgan fingerprint density at radius 3 is 2.33 bits per heavy atom. The molecule has 33 heavy (non-hydrogen) atoms. The second kappa shape index (κ2) is 8.80. The maximum Gasteiger partial charge on any atom is 0.336 e. The summed E-state index contributed by atoms with van der Waals surface area (Å²) in [6, 6.07) is 15.0. The van der Waals surface area contributed by atoms with Crippen molar-refractivity contribution in [1.82, 2.24) is 0 Å². The molecule has 3 aromatic carbocycles. The normalized spacial score (nSPS) is 11.1. The molecule has 4 aromatic rings. The highest BCUT2D eigenvalue weighted by Gasteiger charge is 2.18. The Hall–Kier alpha value is -4.72. The number of aromatic hydroxyl groups is 3. The van der Waals surface area contributed by atoms with Gasteiger partial charge >= 0.3 is 5.97 Å². The quantitative estimate of drug-likeness (QED) is 0.236. The molecule has 0 aliphatic heterocycles. The van der Waals surface area contributed by atoms with E-state index in [4.69, 9.17) is 13.9 Å². The van der Waals surface area contributed by atoms with Crippen LogP contribution < -0.4 is 14.9 Å². The lowest BCUT2D eigenvalue weighted by Crippen LogP contribution is -2.04. The first-order chi connectivity index (χ1) is 15.9. The molecule has 0 radical (unpaired) electrons. The van der Waals surface area contributed by atoms with Crippen molar-refractivity contribution in [3.8, 4) is 40.1 Å².